The fourth-order valence-corrected chi connectivity index (χ4v) is 5.96. The van der Waals surface area contributed by atoms with Gasteiger partial charge in [0.05, 0.1) is 6.04 Å². The summed E-state index contributed by atoms with van der Waals surface area (Å²) < 4.78 is 0. The zero-order valence-electron chi connectivity index (χ0n) is 20.4. The van der Waals surface area contributed by atoms with Gasteiger partial charge in [-0.3, -0.25) is 9.69 Å². The first-order chi connectivity index (χ1) is 17.6. The minimum absolute atomic E-state index is 0.0304. The third-order valence-electron chi connectivity index (χ3n) is 6.70. The molecule has 0 aliphatic carbocycles. The van der Waals surface area contributed by atoms with Gasteiger partial charge in [-0.25, -0.2) is 0 Å². The number of nitrogens with zero attached hydrogens (tertiary/aromatic N) is 2. The number of anilines is 2. The molecule has 5 rings (SSSR count). The van der Waals surface area contributed by atoms with Gasteiger partial charge in [0.15, 0.2) is 0 Å². The molecular formula is C30H30ClN3OS. The molecule has 1 amide bonds. The number of hydrogen-bond acceptors (Lipinski definition) is 4. The normalized spacial score (nSPS) is 15.0. The monoisotopic (exact) mass is 515 g/mol. The van der Waals surface area contributed by atoms with Crippen LogP contribution in [-0.2, 0) is 6.42 Å². The van der Waals surface area contributed by atoms with E-state index in [4.69, 9.17) is 11.6 Å². The molecule has 1 aliphatic rings. The van der Waals surface area contributed by atoms with Crippen molar-refractivity contribution in [2.45, 2.75) is 19.4 Å². The Balaban J connectivity index is 1.47. The average Bonchev–Trinajstić information content (AvgIpc) is 3.33. The van der Waals surface area contributed by atoms with Crippen molar-refractivity contribution < 1.29 is 4.79 Å². The third kappa shape index (κ3) is 5.49. The van der Waals surface area contributed by atoms with Gasteiger partial charge in [-0.15, -0.1) is 11.3 Å². The first-order valence-electron chi connectivity index (χ1n) is 12.4. The van der Waals surface area contributed by atoms with Crippen LogP contribution >= 0.6 is 22.9 Å². The number of carbonyl (C=O) groups is 1. The predicted molar refractivity (Wildman–Crippen MR) is 152 cm³/mol. The van der Waals surface area contributed by atoms with Crippen LogP contribution in [0.2, 0.25) is 5.02 Å². The maximum atomic E-state index is 13.1. The van der Waals surface area contributed by atoms with Crippen molar-refractivity contribution in [2.24, 2.45) is 0 Å². The van der Waals surface area contributed by atoms with Gasteiger partial charge in [0, 0.05) is 52.9 Å². The summed E-state index contributed by atoms with van der Waals surface area (Å²) in [4.78, 5) is 19.3. The van der Waals surface area contributed by atoms with Crippen molar-refractivity contribution >= 4 is 39.5 Å². The summed E-state index contributed by atoms with van der Waals surface area (Å²) in [6.07, 6.45) is 0.925. The molecule has 1 saturated heterocycles. The van der Waals surface area contributed by atoms with Crippen LogP contribution < -0.4 is 10.2 Å². The summed E-state index contributed by atoms with van der Waals surface area (Å²) >= 11 is 7.93. The molecule has 4 aromatic rings. The SMILES string of the molecule is CCc1cc([C@H](c2ccc(Cl)cc2)N2CCN(c3ccccc3)CC2)c(NC(=O)c2ccccc2)s1. The van der Waals surface area contributed by atoms with Crippen LogP contribution in [-0.4, -0.2) is 37.0 Å². The molecule has 0 spiro atoms. The third-order valence-corrected chi connectivity index (χ3v) is 8.17. The first-order valence-corrected chi connectivity index (χ1v) is 13.6. The second-order valence-corrected chi connectivity index (χ2v) is 10.6. The molecule has 184 valence electrons. The van der Waals surface area contributed by atoms with E-state index < -0.39 is 0 Å². The molecule has 36 heavy (non-hydrogen) atoms. The quantitative estimate of drug-likeness (QED) is 0.284. The van der Waals surface area contributed by atoms with Crippen LogP contribution in [0.3, 0.4) is 0 Å². The Morgan fingerprint density at radius 1 is 0.917 bits per heavy atom. The molecule has 0 saturated carbocycles. The Morgan fingerprint density at radius 2 is 1.56 bits per heavy atom. The molecule has 0 unspecified atom stereocenters. The van der Waals surface area contributed by atoms with Gasteiger partial charge >= 0.3 is 0 Å². The fourth-order valence-electron chi connectivity index (χ4n) is 4.81. The minimum Gasteiger partial charge on any atom is -0.369 e. The Hall–Kier alpha value is -3.12. The lowest BCUT2D eigenvalue weighted by molar-refractivity contribution is 0.102. The summed E-state index contributed by atoms with van der Waals surface area (Å²) in [5.74, 6) is -0.0786. The summed E-state index contributed by atoms with van der Waals surface area (Å²) in [6, 6.07) is 30.5. The van der Waals surface area contributed by atoms with E-state index in [1.165, 1.54) is 16.1 Å². The maximum absolute atomic E-state index is 13.1. The van der Waals surface area contributed by atoms with Gasteiger partial charge in [0.25, 0.3) is 5.91 Å². The molecule has 6 heteroatoms. The molecule has 0 radical (unpaired) electrons. The van der Waals surface area contributed by atoms with Gasteiger partial charge < -0.3 is 10.2 Å². The average molecular weight is 516 g/mol. The molecule has 2 heterocycles. The van der Waals surface area contributed by atoms with Gasteiger partial charge in [0.1, 0.15) is 5.00 Å². The van der Waals surface area contributed by atoms with Crippen LogP contribution in [0.5, 0.6) is 0 Å². The lowest BCUT2D eigenvalue weighted by Gasteiger charge is -2.40. The zero-order valence-corrected chi connectivity index (χ0v) is 21.9. The topological polar surface area (TPSA) is 35.6 Å². The number of amides is 1. The number of aryl methyl sites for hydroxylation is 1. The number of thiophene rings is 1. The highest BCUT2D eigenvalue weighted by molar-refractivity contribution is 7.16. The Kier molecular flexibility index (Phi) is 7.71. The highest BCUT2D eigenvalue weighted by atomic mass is 35.5. The fraction of sp³-hybridized carbons (Fsp3) is 0.233. The summed E-state index contributed by atoms with van der Waals surface area (Å²) in [5, 5.41) is 4.88. The first kappa shape index (κ1) is 24.6. The Morgan fingerprint density at radius 3 is 2.19 bits per heavy atom. The predicted octanol–water partition coefficient (Wildman–Crippen LogP) is 7.13. The van der Waals surface area contributed by atoms with Crippen LogP contribution in [0.25, 0.3) is 0 Å². The summed E-state index contributed by atoms with van der Waals surface area (Å²) in [5.41, 5.74) is 4.26. The van der Waals surface area contributed by atoms with Gasteiger partial charge in [0.2, 0.25) is 0 Å². The second-order valence-electron chi connectivity index (χ2n) is 8.98. The molecule has 1 fully saturated rings. The van der Waals surface area contributed by atoms with E-state index in [-0.39, 0.29) is 11.9 Å². The second kappa shape index (κ2) is 11.3. The van der Waals surface area contributed by atoms with Crippen molar-refractivity contribution in [3.63, 3.8) is 0 Å². The van der Waals surface area contributed by atoms with Crippen LogP contribution in [0, 0.1) is 0 Å². The largest absolute Gasteiger partial charge is 0.369 e. The summed E-state index contributed by atoms with van der Waals surface area (Å²) in [7, 11) is 0. The van der Waals surface area contributed by atoms with Crippen molar-refractivity contribution in [3.8, 4) is 0 Å². The van der Waals surface area contributed by atoms with E-state index in [0.717, 1.165) is 48.2 Å². The number of carbonyl (C=O) groups excluding carboxylic acids is 1. The maximum Gasteiger partial charge on any atom is 0.256 e. The van der Waals surface area contributed by atoms with Gasteiger partial charge in [-0.1, -0.05) is 67.1 Å². The number of benzene rings is 3. The Labute approximate surface area is 222 Å². The molecule has 1 N–H and O–H groups in total. The standard InChI is InChI=1S/C30H30ClN3OS/c1-2-26-21-27(30(36-26)32-29(35)23-9-5-3-6-10-23)28(22-13-15-24(31)16-14-22)34-19-17-33(18-20-34)25-11-7-4-8-12-25/h3-16,21,28H,2,17-20H2,1H3,(H,32,35)/t28-/m0/s1. The number of nitrogens with one attached hydrogen (secondary N) is 1. The van der Waals surface area contributed by atoms with E-state index >= 15 is 0 Å². The van der Waals surface area contributed by atoms with E-state index in [1.54, 1.807) is 11.3 Å². The van der Waals surface area contributed by atoms with Crippen molar-refractivity contribution in [1.82, 2.24) is 4.90 Å². The lowest BCUT2D eigenvalue weighted by atomic mass is 9.97. The number of para-hydroxylation sites is 1. The highest BCUT2D eigenvalue weighted by Gasteiger charge is 2.30. The van der Waals surface area contributed by atoms with Gasteiger partial charge in [-0.05, 0) is 54.4 Å². The minimum atomic E-state index is -0.0786. The van der Waals surface area contributed by atoms with Crippen LogP contribution in [0.4, 0.5) is 10.7 Å². The molecular weight excluding hydrogens is 486 g/mol. The highest BCUT2D eigenvalue weighted by Crippen LogP contribution is 2.40. The molecule has 1 aliphatic heterocycles. The van der Waals surface area contributed by atoms with Crippen molar-refractivity contribution in [3.05, 3.63) is 118 Å². The van der Waals surface area contributed by atoms with E-state index in [9.17, 15) is 4.79 Å². The molecule has 0 bridgehead atoms. The Bertz CT molecular complexity index is 1280. The number of rotatable bonds is 7. The molecule has 1 atom stereocenters. The molecule has 3 aromatic carbocycles. The number of piperazine rings is 1. The number of halogens is 1. The van der Waals surface area contributed by atoms with E-state index in [1.807, 2.05) is 42.5 Å². The van der Waals surface area contributed by atoms with Crippen molar-refractivity contribution in [2.75, 3.05) is 36.4 Å². The lowest BCUT2D eigenvalue weighted by Crippen LogP contribution is -2.48. The van der Waals surface area contributed by atoms with Gasteiger partial charge in [-0.2, -0.15) is 0 Å². The zero-order chi connectivity index (χ0) is 24.9. The van der Waals surface area contributed by atoms with Crippen molar-refractivity contribution in [1.29, 1.82) is 0 Å². The molecule has 4 nitrogen and oxygen atoms in total. The van der Waals surface area contributed by atoms with E-state index in [2.05, 4.69) is 70.6 Å². The molecule has 1 aromatic heterocycles. The van der Waals surface area contributed by atoms with Crippen LogP contribution in [0.1, 0.15) is 39.3 Å². The van der Waals surface area contributed by atoms with E-state index in [0.29, 0.717) is 5.56 Å². The smallest absolute Gasteiger partial charge is 0.256 e. The van der Waals surface area contributed by atoms with Crippen LogP contribution in [0.15, 0.2) is 91.0 Å². The number of hydrogen-bond donors (Lipinski definition) is 1. The summed E-state index contributed by atoms with van der Waals surface area (Å²) in [6.45, 7) is 5.90.